The molecule has 3 aromatic rings. The predicted molar refractivity (Wildman–Crippen MR) is 121 cm³/mol. The van der Waals surface area contributed by atoms with Gasteiger partial charge in [0, 0.05) is 38.0 Å². The zero-order chi connectivity index (χ0) is 24.0. The van der Waals surface area contributed by atoms with E-state index in [0.717, 1.165) is 5.56 Å². The Bertz CT molecular complexity index is 1180. The number of amides is 1. The van der Waals surface area contributed by atoms with Crippen LogP contribution in [0.1, 0.15) is 38.1 Å². The van der Waals surface area contributed by atoms with Crippen LogP contribution in [0.3, 0.4) is 0 Å². The second kappa shape index (κ2) is 10.7. The van der Waals surface area contributed by atoms with Crippen LogP contribution >= 0.6 is 0 Å². The second-order valence-electron chi connectivity index (χ2n) is 7.91. The Kier molecular flexibility index (Phi) is 7.93. The van der Waals surface area contributed by atoms with Gasteiger partial charge in [0.2, 0.25) is 27.6 Å². The van der Waals surface area contributed by atoms with Gasteiger partial charge in [0.25, 0.3) is 0 Å². The van der Waals surface area contributed by atoms with E-state index in [0.29, 0.717) is 36.7 Å². The number of aromatic nitrogens is 2. The number of carbonyl (C=O) groups is 1. The van der Waals surface area contributed by atoms with Gasteiger partial charge in [-0.2, -0.15) is 9.29 Å². The fraction of sp³-hybridized carbons (Fsp3) is 0.348. The van der Waals surface area contributed by atoms with Crippen molar-refractivity contribution < 1.29 is 22.1 Å². The number of nitrogens with zero attached hydrogens (tertiary/aromatic N) is 3. The zero-order valence-electron chi connectivity index (χ0n) is 18.8. The topological polar surface area (TPSA) is 105 Å². The maximum atomic E-state index is 13.0. The van der Waals surface area contributed by atoms with Gasteiger partial charge in [-0.3, -0.25) is 4.79 Å². The van der Waals surface area contributed by atoms with Crippen molar-refractivity contribution in [1.29, 1.82) is 0 Å². The summed E-state index contributed by atoms with van der Waals surface area (Å²) in [6, 6.07) is 12.1. The Morgan fingerprint density at radius 1 is 1.12 bits per heavy atom. The summed E-state index contributed by atoms with van der Waals surface area (Å²) < 4.78 is 44.5. The van der Waals surface area contributed by atoms with Crippen molar-refractivity contribution in [3.8, 4) is 11.4 Å². The fourth-order valence-corrected chi connectivity index (χ4v) is 4.35. The third-order valence-electron chi connectivity index (χ3n) is 5.18. The molecule has 0 aliphatic rings. The van der Waals surface area contributed by atoms with Gasteiger partial charge in [0.15, 0.2) is 0 Å². The van der Waals surface area contributed by atoms with E-state index in [2.05, 4.69) is 15.5 Å². The molecule has 33 heavy (non-hydrogen) atoms. The molecule has 0 spiro atoms. The molecule has 0 saturated heterocycles. The van der Waals surface area contributed by atoms with Crippen LogP contribution in [0.15, 0.2) is 57.9 Å². The lowest BCUT2D eigenvalue weighted by atomic mass is 10.2. The van der Waals surface area contributed by atoms with Gasteiger partial charge >= 0.3 is 0 Å². The standard InChI is InChI=1S/C23H27FN4O4S/c1-16(2)28(3)33(30,31)20-13-7-17(8-14-20)15-25-21(29)5-4-6-22-26-23(27-32-22)18-9-11-19(24)12-10-18/h7-14,16H,4-6,15H2,1-3H3,(H,25,29). The first-order chi connectivity index (χ1) is 15.7. The first kappa shape index (κ1) is 24.5. The van der Waals surface area contributed by atoms with E-state index < -0.39 is 10.0 Å². The maximum absolute atomic E-state index is 13.0. The van der Waals surface area contributed by atoms with Crippen molar-refractivity contribution in [2.75, 3.05) is 7.05 Å². The largest absolute Gasteiger partial charge is 0.352 e. The van der Waals surface area contributed by atoms with E-state index in [9.17, 15) is 17.6 Å². The van der Waals surface area contributed by atoms with Crippen LogP contribution in [0.25, 0.3) is 11.4 Å². The number of hydrogen-bond donors (Lipinski definition) is 1. The Morgan fingerprint density at radius 2 is 1.79 bits per heavy atom. The summed E-state index contributed by atoms with van der Waals surface area (Å²) in [6.45, 7) is 3.92. The summed E-state index contributed by atoms with van der Waals surface area (Å²) in [6.07, 6.45) is 1.24. The Hall–Kier alpha value is -3.11. The van der Waals surface area contributed by atoms with Crippen LogP contribution < -0.4 is 5.32 Å². The van der Waals surface area contributed by atoms with Crippen molar-refractivity contribution in [2.45, 2.75) is 50.6 Å². The van der Waals surface area contributed by atoms with Crippen LogP contribution in [0.4, 0.5) is 4.39 Å². The van der Waals surface area contributed by atoms with Crippen molar-refractivity contribution >= 4 is 15.9 Å². The van der Waals surface area contributed by atoms with Crippen molar-refractivity contribution in [3.05, 3.63) is 65.8 Å². The molecule has 176 valence electrons. The van der Waals surface area contributed by atoms with Crippen molar-refractivity contribution in [1.82, 2.24) is 19.8 Å². The van der Waals surface area contributed by atoms with Crippen LogP contribution in [-0.4, -0.2) is 41.9 Å². The highest BCUT2D eigenvalue weighted by atomic mass is 32.2. The van der Waals surface area contributed by atoms with Gasteiger partial charge in [0.1, 0.15) is 5.82 Å². The van der Waals surface area contributed by atoms with Crippen LogP contribution in [0, 0.1) is 5.82 Å². The molecule has 1 amide bonds. The predicted octanol–water partition coefficient (Wildman–Crippen LogP) is 3.54. The number of sulfonamides is 1. The minimum Gasteiger partial charge on any atom is -0.352 e. The van der Waals surface area contributed by atoms with E-state index in [4.69, 9.17) is 4.52 Å². The molecule has 0 atom stereocenters. The molecule has 1 heterocycles. The highest BCUT2D eigenvalue weighted by Gasteiger charge is 2.22. The average molecular weight is 475 g/mol. The fourth-order valence-electron chi connectivity index (χ4n) is 2.98. The molecule has 1 N–H and O–H groups in total. The second-order valence-corrected chi connectivity index (χ2v) is 9.91. The Labute approximate surface area is 192 Å². The number of hydrogen-bond acceptors (Lipinski definition) is 6. The van der Waals surface area contributed by atoms with E-state index in [1.807, 2.05) is 13.8 Å². The Morgan fingerprint density at radius 3 is 2.42 bits per heavy atom. The maximum Gasteiger partial charge on any atom is 0.243 e. The van der Waals surface area contributed by atoms with Gasteiger partial charge in [-0.25, -0.2) is 12.8 Å². The summed E-state index contributed by atoms with van der Waals surface area (Å²) in [7, 11) is -1.99. The molecule has 0 aliphatic carbocycles. The van der Waals surface area contributed by atoms with Gasteiger partial charge < -0.3 is 9.84 Å². The lowest BCUT2D eigenvalue weighted by Crippen LogP contribution is -2.33. The number of nitrogens with one attached hydrogen (secondary N) is 1. The molecular formula is C23H27FN4O4S. The van der Waals surface area contributed by atoms with Crippen LogP contribution in [0.2, 0.25) is 0 Å². The van der Waals surface area contributed by atoms with Gasteiger partial charge in [-0.15, -0.1) is 0 Å². The number of halogens is 1. The highest BCUT2D eigenvalue weighted by molar-refractivity contribution is 7.89. The molecule has 0 radical (unpaired) electrons. The summed E-state index contributed by atoms with van der Waals surface area (Å²) in [5.41, 5.74) is 1.45. The van der Waals surface area contributed by atoms with Gasteiger partial charge in [0.05, 0.1) is 4.90 Å². The Balaban J connectivity index is 1.44. The molecule has 0 saturated carbocycles. The zero-order valence-corrected chi connectivity index (χ0v) is 19.6. The molecule has 0 aliphatic heterocycles. The number of aryl methyl sites for hydroxylation is 1. The lowest BCUT2D eigenvalue weighted by molar-refractivity contribution is -0.121. The number of benzene rings is 2. The first-order valence-corrected chi connectivity index (χ1v) is 12.0. The quantitative estimate of drug-likeness (QED) is 0.482. The summed E-state index contributed by atoms with van der Waals surface area (Å²) in [4.78, 5) is 16.6. The lowest BCUT2D eigenvalue weighted by Gasteiger charge is -2.21. The molecule has 0 bridgehead atoms. The third kappa shape index (κ3) is 6.45. The molecule has 2 aromatic carbocycles. The number of carbonyl (C=O) groups excluding carboxylic acids is 1. The first-order valence-electron chi connectivity index (χ1n) is 10.6. The third-order valence-corrected chi connectivity index (χ3v) is 7.23. The van der Waals surface area contributed by atoms with Gasteiger partial charge in [-0.1, -0.05) is 17.3 Å². The minimum atomic E-state index is -3.53. The van der Waals surface area contributed by atoms with E-state index in [-0.39, 0.29) is 29.1 Å². The number of rotatable bonds is 10. The van der Waals surface area contributed by atoms with Crippen LogP contribution in [-0.2, 0) is 27.8 Å². The van der Waals surface area contributed by atoms with E-state index in [1.54, 1.807) is 43.4 Å². The molecular weight excluding hydrogens is 447 g/mol. The molecule has 10 heteroatoms. The van der Waals surface area contributed by atoms with Crippen LogP contribution in [0.5, 0.6) is 0 Å². The smallest absolute Gasteiger partial charge is 0.243 e. The van der Waals surface area contributed by atoms with Gasteiger partial charge in [-0.05, 0) is 62.2 Å². The highest BCUT2D eigenvalue weighted by Crippen LogP contribution is 2.18. The molecule has 0 unspecified atom stereocenters. The monoisotopic (exact) mass is 474 g/mol. The summed E-state index contributed by atoms with van der Waals surface area (Å²) >= 11 is 0. The average Bonchev–Trinajstić information content (AvgIpc) is 3.26. The molecule has 8 nitrogen and oxygen atoms in total. The molecule has 0 fully saturated rings. The minimum absolute atomic E-state index is 0.135. The van der Waals surface area contributed by atoms with E-state index in [1.165, 1.54) is 16.4 Å². The molecule has 1 aromatic heterocycles. The SMILES string of the molecule is CC(C)N(C)S(=O)(=O)c1ccc(CNC(=O)CCCc2nc(-c3ccc(F)cc3)no2)cc1. The van der Waals surface area contributed by atoms with E-state index >= 15 is 0 Å². The molecule has 3 rings (SSSR count). The van der Waals surface area contributed by atoms with Crippen molar-refractivity contribution in [2.24, 2.45) is 0 Å². The van der Waals surface area contributed by atoms with Crippen molar-refractivity contribution in [3.63, 3.8) is 0 Å². The summed E-state index contributed by atoms with van der Waals surface area (Å²) in [5.74, 6) is 0.308. The summed E-state index contributed by atoms with van der Waals surface area (Å²) in [5, 5.41) is 6.70. The normalized spacial score (nSPS) is 11.8.